The number of anilines is 1. The van der Waals surface area contributed by atoms with Crippen molar-refractivity contribution in [1.82, 2.24) is 4.98 Å². The van der Waals surface area contributed by atoms with E-state index in [4.69, 9.17) is 10.00 Å². The van der Waals surface area contributed by atoms with Crippen LogP contribution in [-0.4, -0.2) is 17.5 Å². The third-order valence-corrected chi connectivity index (χ3v) is 2.78. The lowest BCUT2D eigenvalue weighted by atomic mass is 10.2. The zero-order valence-corrected chi connectivity index (χ0v) is 11.8. The van der Waals surface area contributed by atoms with Gasteiger partial charge in [-0.25, -0.2) is 9.37 Å². The third kappa shape index (κ3) is 4.28. The van der Waals surface area contributed by atoms with Crippen molar-refractivity contribution in [1.29, 1.82) is 5.26 Å². The van der Waals surface area contributed by atoms with Crippen molar-refractivity contribution in [2.24, 2.45) is 0 Å². The number of carbonyl (C=O) groups excluding carboxylic acids is 1. The number of nitrogens with one attached hydrogen (secondary N) is 1. The predicted octanol–water partition coefficient (Wildman–Crippen LogP) is 3.16. The van der Waals surface area contributed by atoms with Crippen molar-refractivity contribution in [2.45, 2.75) is 12.8 Å². The normalized spacial score (nSPS) is 9.82. The van der Waals surface area contributed by atoms with Gasteiger partial charge in [0.15, 0.2) is 11.6 Å². The summed E-state index contributed by atoms with van der Waals surface area (Å²) >= 11 is 0. The van der Waals surface area contributed by atoms with E-state index in [1.165, 1.54) is 24.4 Å². The number of ether oxygens (including phenoxy) is 1. The van der Waals surface area contributed by atoms with Crippen molar-refractivity contribution in [3.05, 3.63) is 54.0 Å². The molecule has 1 aromatic carbocycles. The van der Waals surface area contributed by atoms with Crippen molar-refractivity contribution in [3.8, 4) is 11.8 Å². The molecule has 1 amide bonds. The van der Waals surface area contributed by atoms with E-state index in [1.807, 2.05) is 6.07 Å². The van der Waals surface area contributed by atoms with Crippen LogP contribution in [-0.2, 0) is 0 Å². The van der Waals surface area contributed by atoms with E-state index >= 15 is 0 Å². The SMILES string of the molecule is N#CCCCOc1cccnc1NC(=O)c1cccc(F)c1. The average Bonchev–Trinajstić information content (AvgIpc) is 2.53. The fraction of sp³-hybridized carbons (Fsp3) is 0.188. The van der Waals surface area contributed by atoms with E-state index in [1.54, 1.807) is 12.1 Å². The van der Waals surface area contributed by atoms with Gasteiger partial charge in [0.25, 0.3) is 5.91 Å². The summed E-state index contributed by atoms with van der Waals surface area (Å²) in [5, 5.41) is 11.1. The predicted molar refractivity (Wildman–Crippen MR) is 78.9 cm³/mol. The fourth-order valence-corrected chi connectivity index (χ4v) is 1.74. The minimum Gasteiger partial charge on any atom is -0.490 e. The molecule has 0 unspecified atom stereocenters. The monoisotopic (exact) mass is 299 g/mol. The van der Waals surface area contributed by atoms with E-state index in [2.05, 4.69) is 10.3 Å². The number of hydrogen-bond donors (Lipinski definition) is 1. The molecule has 6 heteroatoms. The third-order valence-electron chi connectivity index (χ3n) is 2.78. The molecule has 5 nitrogen and oxygen atoms in total. The highest BCUT2D eigenvalue weighted by atomic mass is 19.1. The van der Waals surface area contributed by atoms with Crippen LogP contribution < -0.4 is 10.1 Å². The van der Waals surface area contributed by atoms with Gasteiger partial charge < -0.3 is 10.1 Å². The highest BCUT2D eigenvalue weighted by molar-refractivity contribution is 6.04. The average molecular weight is 299 g/mol. The molecule has 0 saturated carbocycles. The quantitative estimate of drug-likeness (QED) is 0.831. The minimum atomic E-state index is -0.485. The van der Waals surface area contributed by atoms with E-state index in [-0.39, 0.29) is 11.4 Å². The summed E-state index contributed by atoms with van der Waals surface area (Å²) in [7, 11) is 0. The highest BCUT2D eigenvalue weighted by Crippen LogP contribution is 2.22. The molecule has 0 radical (unpaired) electrons. The number of aromatic nitrogens is 1. The van der Waals surface area contributed by atoms with Gasteiger partial charge >= 0.3 is 0 Å². The fourth-order valence-electron chi connectivity index (χ4n) is 1.74. The van der Waals surface area contributed by atoms with Gasteiger partial charge in [-0.3, -0.25) is 4.79 Å². The van der Waals surface area contributed by atoms with Gasteiger partial charge in [-0.2, -0.15) is 5.26 Å². The summed E-state index contributed by atoms with van der Waals surface area (Å²) in [4.78, 5) is 16.1. The number of hydrogen-bond acceptors (Lipinski definition) is 4. The molecular weight excluding hydrogens is 285 g/mol. The van der Waals surface area contributed by atoms with Gasteiger partial charge in [0.2, 0.25) is 0 Å². The summed E-state index contributed by atoms with van der Waals surface area (Å²) in [6.07, 6.45) is 2.50. The van der Waals surface area contributed by atoms with E-state index < -0.39 is 11.7 Å². The van der Waals surface area contributed by atoms with Gasteiger partial charge in [-0.1, -0.05) is 6.07 Å². The first kappa shape index (κ1) is 15.4. The largest absolute Gasteiger partial charge is 0.490 e. The first-order valence-corrected chi connectivity index (χ1v) is 6.72. The first-order valence-electron chi connectivity index (χ1n) is 6.72. The molecule has 0 bridgehead atoms. The van der Waals surface area contributed by atoms with Crippen LogP contribution in [0.1, 0.15) is 23.2 Å². The second-order valence-electron chi connectivity index (χ2n) is 4.42. The van der Waals surface area contributed by atoms with E-state index in [0.717, 1.165) is 6.07 Å². The summed E-state index contributed by atoms with van der Waals surface area (Å²) in [6, 6.07) is 10.8. The number of rotatable bonds is 6. The molecule has 0 aliphatic rings. The summed E-state index contributed by atoms with van der Waals surface area (Å²) in [5.41, 5.74) is 0.195. The summed E-state index contributed by atoms with van der Waals surface area (Å²) in [6.45, 7) is 0.349. The molecule has 1 aromatic heterocycles. The number of nitriles is 1. The number of nitrogens with zero attached hydrogens (tertiary/aromatic N) is 2. The van der Waals surface area contributed by atoms with Gasteiger partial charge in [-0.05, 0) is 36.8 Å². The van der Waals surface area contributed by atoms with Gasteiger partial charge in [0, 0.05) is 18.2 Å². The molecule has 2 aromatic rings. The Balaban J connectivity index is 2.06. The number of pyridine rings is 1. The molecule has 0 aliphatic heterocycles. The van der Waals surface area contributed by atoms with E-state index in [0.29, 0.717) is 25.2 Å². The molecule has 1 heterocycles. The van der Waals surface area contributed by atoms with Gasteiger partial charge in [0.05, 0.1) is 12.7 Å². The van der Waals surface area contributed by atoms with Crippen LogP contribution in [0.25, 0.3) is 0 Å². The molecule has 0 atom stereocenters. The molecule has 0 spiro atoms. The summed E-state index contributed by atoms with van der Waals surface area (Å²) in [5.74, 6) is -0.291. The molecule has 1 N–H and O–H groups in total. The second kappa shape index (κ2) is 7.74. The van der Waals surface area contributed by atoms with Crippen LogP contribution in [0.2, 0.25) is 0 Å². The van der Waals surface area contributed by atoms with Crippen LogP contribution in [0.15, 0.2) is 42.6 Å². The van der Waals surface area contributed by atoms with Crippen LogP contribution >= 0.6 is 0 Å². The number of carbonyl (C=O) groups is 1. The maximum absolute atomic E-state index is 13.1. The molecule has 2 rings (SSSR count). The number of unbranched alkanes of at least 4 members (excludes halogenated alkanes) is 1. The maximum Gasteiger partial charge on any atom is 0.257 e. The number of halogens is 1. The van der Waals surface area contributed by atoms with E-state index in [9.17, 15) is 9.18 Å². The standard InChI is InChI=1S/C16H14FN3O2/c17-13-6-3-5-12(11-13)16(21)20-15-14(7-4-9-19-15)22-10-2-1-8-18/h3-7,9,11H,1-2,10H2,(H,19,20,21). The highest BCUT2D eigenvalue weighted by Gasteiger charge is 2.11. The molecule has 112 valence electrons. The van der Waals surface area contributed by atoms with Crippen LogP contribution in [0.3, 0.4) is 0 Å². The zero-order valence-electron chi connectivity index (χ0n) is 11.8. The Morgan fingerprint density at radius 1 is 1.36 bits per heavy atom. The molecular formula is C16H14FN3O2. The molecule has 0 saturated heterocycles. The Kier molecular flexibility index (Phi) is 5.44. The lowest BCUT2D eigenvalue weighted by molar-refractivity contribution is 0.102. The van der Waals surface area contributed by atoms with Crippen molar-refractivity contribution < 1.29 is 13.9 Å². The Hall–Kier alpha value is -2.94. The van der Waals surface area contributed by atoms with Crippen LogP contribution in [0.5, 0.6) is 5.75 Å². The summed E-state index contributed by atoms with van der Waals surface area (Å²) < 4.78 is 18.6. The molecule has 22 heavy (non-hydrogen) atoms. The zero-order chi connectivity index (χ0) is 15.8. The maximum atomic E-state index is 13.1. The minimum absolute atomic E-state index is 0.195. The Morgan fingerprint density at radius 3 is 3.00 bits per heavy atom. The Bertz CT molecular complexity index is 698. The van der Waals surface area contributed by atoms with Crippen LogP contribution in [0.4, 0.5) is 10.2 Å². The lowest BCUT2D eigenvalue weighted by Gasteiger charge is -2.11. The van der Waals surface area contributed by atoms with Gasteiger partial charge in [-0.15, -0.1) is 0 Å². The lowest BCUT2D eigenvalue weighted by Crippen LogP contribution is -2.14. The Labute approximate surface area is 127 Å². The molecule has 0 fully saturated rings. The smallest absolute Gasteiger partial charge is 0.257 e. The topological polar surface area (TPSA) is 75.0 Å². The molecule has 0 aliphatic carbocycles. The van der Waals surface area contributed by atoms with Crippen molar-refractivity contribution in [3.63, 3.8) is 0 Å². The van der Waals surface area contributed by atoms with Crippen LogP contribution in [0, 0.1) is 17.1 Å². The second-order valence-corrected chi connectivity index (χ2v) is 4.42. The van der Waals surface area contributed by atoms with Gasteiger partial charge in [0.1, 0.15) is 5.82 Å². The van der Waals surface area contributed by atoms with Crippen molar-refractivity contribution in [2.75, 3.05) is 11.9 Å². The number of amides is 1. The Morgan fingerprint density at radius 2 is 2.23 bits per heavy atom. The first-order chi connectivity index (χ1) is 10.7. The van der Waals surface area contributed by atoms with Crippen molar-refractivity contribution >= 4 is 11.7 Å². The number of benzene rings is 1.